The molecule has 6 heteroatoms. The minimum Gasteiger partial charge on any atom is -0.337 e. The highest BCUT2D eigenvalue weighted by Gasteiger charge is 2.52. The molecule has 118 valence electrons. The molecule has 2 fully saturated rings. The molecule has 2 aromatic rings. The summed E-state index contributed by atoms with van der Waals surface area (Å²) in [6.45, 7) is 0.0687. The minimum atomic E-state index is -0.459. The number of aromatic nitrogens is 2. The SMILES string of the molecule is O=C1CC2(CCCC2)C(=O)N1Cc1nc(-c2ccccc2)no1. The summed E-state index contributed by atoms with van der Waals surface area (Å²) in [4.78, 5) is 30.5. The fourth-order valence-electron chi connectivity index (χ4n) is 3.62. The van der Waals surface area contributed by atoms with E-state index in [1.165, 1.54) is 4.90 Å². The number of hydrogen-bond acceptors (Lipinski definition) is 5. The molecule has 1 aliphatic carbocycles. The number of carbonyl (C=O) groups excluding carboxylic acids is 2. The van der Waals surface area contributed by atoms with Gasteiger partial charge in [0, 0.05) is 12.0 Å². The molecular formula is C17H17N3O3. The van der Waals surface area contributed by atoms with Gasteiger partial charge in [-0.05, 0) is 12.8 Å². The second-order valence-electron chi connectivity index (χ2n) is 6.33. The van der Waals surface area contributed by atoms with Gasteiger partial charge in [0.25, 0.3) is 0 Å². The summed E-state index contributed by atoms with van der Waals surface area (Å²) < 4.78 is 5.22. The van der Waals surface area contributed by atoms with E-state index in [1.54, 1.807) is 0 Å². The van der Waals surface area contributed by atoms with Crippen molar-refractivity contribution in [3.8, 4) is 11.4 Å². The third-order valence-electron chi connectivity index (χ3n) is 4.84. The number of likely N-dealkylation sites (tertiary alicyclic amines) is 1. The highest BCUT2D eigenvalue weighted by atomic mass is 16.5. The van der Waals surface area contributed by atoms with Crippen molar-refractivity contribution in [3.63, 3.8) is 0 Å². The molecule has 2 heterocycles. The molecule has 1 aromatic carbocycles. The maximum atomic E-state index is 12.6. The molecule has 1 aliphatic heterocycles. The van der Waals surface area contributed by atoms with Crippen molar-refractivity contribution in [1.29, 1.82) is 0 Å². The van der Waals surface area contributed by atoms with Crippen LogP contribution < -0.4 is 0 Å². The second kappa shape index (κ2) is 5.30. The smallest absolute Gasteiger partial charge is 0.247 e. The van der Waals surface area contributed by atoms with E-state index >= 15 is 0 Å². The normalized spacial score (nSPS) is 19.9. The van der Waals surface area contributed by atoms with E-state index in [9.17, 15) is 9.59 Å². The summed E-state index contributed by atoms with van der Waals surface area (Å²) in [5, 5.41) is 3.93. The third-order valence-corrected chi connectivity index (χ3v) is 4.84. The number of imide groups is 1. The van der Waals surface area contributed by atoms with Gasteiger partial charge in [-0.2, -0.15) is 4.98 Å². The molecule has 1 aromatic heterocycles. The lowest BCUT2D eigenvalue weighted by Gasteiger charge is -2.19. The largest absolute Gasteiger partial charge is 0.337 e. The lowest BCUT2D eigenvalue weighted by atomic mass is 9.84. The van der Waals surface area contributed by atoms with Crippen LogP contribution in [0.3, 0.4) is 0 Å². The third kappa shape index (κ3) is 2.34. The lowest BCUT2D eigenvalue weighted by Crippen LogP contribution is -2.34. The fraction of sp³-hybridized carbons (Fsp3) is 0.412. The van der Waals surface area contributed by atoms with E-state index in [1.807, 2.05) is 30.3 Å². The Labute approximate surface area is 133 Å². The van der Waals surface area contributed by atoms with Crippen molar-refractivity contribution < 1.29 is 14.1 Å². The monoisotopic (exact) mass is 311 g/mol. The Morgan fingerprint density at radius 3 is 2.61 bits per heavy atom. The summed E-state index contributed by atoms with van der Waals surface area (Å²) >= 11 is 0. The molecule has 0 atom stereocenters. The first kappa shape index (κ1) is 14.1. The average Bonchev–Trinajstić information content (AvgIpc) is 3.27. The van der Waals surface area contributed by atoms with Gasteiger partial charge in [0.2, 0.25) is 23.5 Å². The lowest BCUT2D eigenvalue weighted by molar-refractivity contribution is -0.142. The van der Waals surface area contributed by atoms with E-state index in [4.69, 9.17) is 4.52 Å². The summed E-state index contributed by atoms with van der Waals surface area (Å²) in [5.41, 5.74) is 0.383. The van der Waals surface area contributed by atoms with Gasteiger partial charge in [-0.25, -0.2) is 0 Å². The molecule has 23 heavy (non-hydrogen) atoms. The van der Waals surface area contributed by atoms with E-state index < -0.39 is 5.41 Å². The maximum absolute atomic E-state index is 12.6. The zero-order chi connectivity index (χ0) is 15.9. The van der Waals surface area contributed by atoms with Gasteiger partial charge in [0.15, 0.2) is 0 Å². The fourth-order valence-corrected chi connectivity index (χ4v) is 3.62. The van der Waals surface area contributed by atoms with Crippen molar-refractivity contribution in [2.24, 2.45) is 5.41 Å². The molecule has 2 aliphatic rings. The van der Waals surface area contributed by atoms with Crippen LogP contribution in [0.2, 0.25) is 0 Å². The zero-order valence-corrected chi connectivity index (χ0v) is 12.7. The maximum Gasteiger partial charge on any atom is 0.247 e. The van der Waals surface area contributed by atoms with Crippen LogP contribution in [0.15, 0.2) is 34.9 Å². The van der Waals surface area contributed by atoms with Crippen LogP contribution in [0.1, 0.15) is 38.0 Å². The second-order valence-corrected chi connectivity index (χ2v) is 6.33. The molecule has 6 nitrogen and oxygen atoms in total. The van der Waals surface area contributed by atoms with Crippen LogP contribution in [-0.4, -0.2) is 26.9 Å². The quantitative estimate of drug-likeness (QED) is 0.814. The molecule has 1 saturated carbocycles. The van der Waals surface area contributed by atoms with Crippen molar-refractivity contribution in [2.75, 3.05) is 0 Å². The molecule has 0 N–H and O–H groups in total. The van der Waals surface area contributed by atoms with E-state index in [0.29, 0.717) is 18.1 Å². The summed E-state index contributed by atoms with van der Waals surface area (Å²) in [7, 11) is 0. The van der Waals surface area contributed by atoms with Crippen molar-refractivity contribution >= 4 is 11.8 Å². The zero-order valence-electron chi connectivity index (χ0n) is 12.7. The van der Waals surface area contributed by atoms with Gasteiger partial charge in [-0.3, -0.25) is 14.5 Å². The molecule has 1 saturated heterocycles. The van der Waals surface area contributed by atoms with E-state index in [-0.39, 0.29) is 18.4 Å². The van der Waals surface area contributed by atoms with Crippen LogP contribution in [0.5, 0.6) is 0 Å². The van der Waals surface area contributed by atoms with Crippen molar-refractivity contribution in [3.05, 3.63) is 36.2 Å². The summed E-state index contributed by atoms with van der Waals surface area (Å²) in [6.07, 6.45) is 3.99. The predicted molar refractivity (Wildman–Crippen MR) is 80.8 cm³/mol. The number of rotatable bonds is 3. The Morgan fingerprint density at radius 2 is 1.87 bits per heavy atom. The summed E-state index contributed by atoms with van der Waals surface area (Å²) in [6, 6.07) is 9.46. The van der Waals surface area contributed by atoms with Gasteiger partial charge in [0.05, 0.1) is 5.41 Å². The molecule has 1 spiro atoms. The number of benzene rings is 1. The van der Waals surface area contributed by atoms with Crippen LogP contribution in [0.25, 0.3) is 11.4 Å². The highest BCUT2D eigenvalue weighted by Crippen LogP contribution is 2.47. The van der Waals surface area contributed by atoms with Crippen LogP contribution in [0, 0.1) is 5.41 Å². The Bertz CT molecular complexity index is 747. The van der Waals surface area contributed by atoms with Crippen molar-refractivity contribution in [1.82, 2.24) is 15.0 Å². The molecule has 2 amide bonds. The topological polar surface area (TPSA) is 76.3 Å². The molecule has 0 bridgehead atoms. The standard InChI is InChI=1S/C17H17N3O3/c21-14-10-17(8-4-5-9-17)16(22)20(14)11-13-18-15(19-23-13)12-6-2-1-3-7-12/h1-3,6-7H,4-5,8-11H2. The number of amides is 2. The molecular weight excluding hydrogens is 294 g/mol. The van der Waals surface area contributed by atoms with Gasteiger partial charge in [-0.15, -0.1) is 0 Å². The first-order chi connectivity index (χ1) is 11.2. The minimum absolute atomic E-state index is 0.0687. The predicted octanol–water partition coefficient (Wildman–Crippen LogP) is 2.56. The van der Waals surface area contributed by atoms with Crippen LogP contribution in [-0.2, 0) is 16.1 Å². The average molecular weight is 311 g/mol. The Hall–Kier alpha value is -2.50. The van der Waals surface area contributed by atoms with Crippen LogP contribution >= 0.6 is 0 Å². The highest BCUT2D eigenvalue weighted by molar-refractivity contribution is 6.05. The Kier molecular flexibility index (Phi) is 3.25. The van der Waals surface area contributed by atoms with Gasteiger partial charge in [0.1, 0.15) is 6.54 Å². The van der Waals surface area contributed by atoms with E-state index in [2.05, 4.69) is 10.1 Å². The Morgan fingerprint density at radius 1 is 1.13 bits per heavy atom. The number of nitrogens with zero attached hydrogens (tertiary/aromatic N) is 3. The Balaban J connectivity index is 1.54. The van der Waals surface area contributed by atoms with Crippen molar-refractivity contribution in [2.45, 2.75) is 38.6 Å². The van der Waals surface area contributed by atoms with E-state index in [0.717, 1.165) is 31.2 Å². The van der Waals surface area contributed by atoms with Gasteiger partial charge in [-0.1, -0.05) is 48.3 Å². The first-order valence-electron chi connectivity index (χ1n) is 7.91. The summed E-state index contributed by atoms with van der Waals surface area (Å²) in [5.74, 6) is 0.562. The number of hydrogen-bond donors (Lipinski definition) is 0. The number of carbonyl (C=O) groups is 2. The first-order valence-corrected chi connectivity index (χ1v) is 7.91. The van der Waals surface area contributed by atoms with Crippen LogP contribution in [0.4, 0.5) is 0 Å². The molecule has 0 unspecified atom stereocenters. The molecule has 0 radical (unpaired) electrons. The van der Waals surface area contributed by atoms with Gasteiger partial charge < -0.3 is 4.52 Å². The van der Waals surface area contributed by atoms with Gasteiger partial charge >= 0.3 is 0 Å². The molecule has 4 rings (SSSR count).